The zero-order chi connectivity index (χ0) is 34.5. The largest absolute Gasteiger partial charge is 0.497 e. The van der Waals surface area contributed by atoms with Crippen LogP contribution in [0.1, 0.15) is 24.0 Å². The molecule has 0 aromatic heterocycles. The van der Waals surface area contributed by atoms with Crippen LogP contribution in [0, 0.1) is 5.92 Å². The van der Waals surface area contributed by atoms with Crippen LogP contribution in [-0.2, 0) is 32.1 Å². The summed E-state index contributed by atoms with van der Waals surface area (Å²) in [6.07, 6.45) is -15.4. The van der Waals surface area contributed by atoms with Crippen molar-refractivity contribution in [2.45, 2.75) is 56.3 Å². The Hall–Kier alpha value is -4.54. The van der Waals surface area contributed by atoms with Crippen LogP contribution in [0.5, 0.6) is 5.75 Å². The van der Waals surface area contributed by atoms with E-state index in [9.17, 15) is 50.6 Å². The smallest absolute Gasteiger partial charge is 0.407 e. The van der Waals surface area contributed by atoms with Gasteiger partial charge in [0.25, 0.3) is 0 Å². The maximum absolute atomic E-state index is 13.5. The molecule has 0 fully saturated rings. The number of carbonyl (C=O) groups excluding carboxylic acids is 3. The highest BCUT2D eigenvalue weighted by atomic mass is 19.4. The molecule has 0 saturated carbocycles. The Kier molecular flexibility index (Phi) is 14.1. The van der Waals surface area contributed by atoms with Gasteiger partial charge in [-0.15, -0.1) is 0 Å². The second-order valence-corrected chi connectivity index (χ2v) is 9.99. The number of ether oxygens (including phenoxy) is 2. The third kappa shape index (κ3) is 12.5. The van der Waals surface area contributed by atoms with E-state index in [1.807, 2.05) is 5.32 Å². The number of carboxylic acid groups (broad SMARTS) is 1. The predicted molar refractivity (Wildman–Crippen MR) is 151 cm³/mol. The number of carbonyl (C=O) groups is 4. The summed E-state index contributed by atoms with van der Waals surface area (Å²) in [4.78, 5) is 49.7. The van der Waals surface area contributed by atoms with Crippen LogP contribution in [0.3, 0.4) is 0 Å². The molecule has 3 atom stereocenters. The summed E-state index contributed by atoms with van der Waals surface area (Å²) in [5.74, 6) is -7.59. The van der Waals surface area contributed by atoms with Crippen molar-refractivity contribution >= 4 is 23.9 Å². The van der Waals surface area contributed by atoms with E-state index in [4.69, 9.17) is 9.47 Å². The highest BCUT2D eigenvalue weighted by molar-refractivity contribution is 5.90. The number of nitrogens with one attached hydrogen (secondary N) is 4. The first-order valence-electron chi connectivity index (χ1n) is 13.8. The number of benzene rings is 2. The molecule has 254 valence electrons. The Bertz CT molecular complexity index is 1280. The molecular formula is C29H34F6N4O7. The molecule has 0 aliphatic heterocycles. The number of aliphatic carboxylic acids is 1. The summed E-state index contributed by atoms with van der Waals surface area (Å²) < 4.78 is 90.9. The Morgan fingerprint density at radius 1 is 0.826 bits per heavy atom. The van der Waals surface area contributed by atoms with Gasteiger partial charge in [-0.2, -0.15) is 26.3 Å². The van der Waals surface area contributed by atoms with E-state index in [1.54, 1.807) is 30.3 Å². The van der Waals surface area contributed by atoms with Crippen LogP contribution < -0.4 is 26.0 Å². The molecule has 2 rings (SSSR count). The third-order valence-electron chi connectivity index (χ3n) is 6.67. The molecule has 0 bridgehead atoms. The number of carboxylic acids is 1. The average Bonchev–Trinajstić information content (AvgIpc) is 2.99. The van der Waals surface area contributed by atoms with Crippen LogP contribution >= 0.6 is 0 Å². The first kappa shape index (κ1) is 37.6. The molecule has 0 aliphatic carbocycles. The lowest BCUT2D eigenvalue weighted by molar-refractivity contribution is -0.286. The Morgan fingerprint density at radius 3 is 1.96 bits per heavy atom. The van der Waals surface area contributed by atoms with E-state index in [1.165, 1.54) is 38.4 Å². The highest BCUT2D eigenvalue weighted by Crippen LogP contribution is 2.42. The van der Waals surface area contributed by atoms with Crippen LogP contribution in [-0.4, -0.2) is 80.2 Å². The van der Waals surface area contributed by atoms with Crippen molar-refractivity contribution in [3.05, 3.63) is 65.7 Å². The van der Waals surface area contributed by atoms with Crippen molar-refractivity contribution in [2.24, 2.45) is 5.92 Å². The predicted octanol–water partition coefficient (Wildman–Crippen LogP) is 3.33. The third-order valence-corrected chi connectivity index (χ3v) is 6.67. The number of alkyl halides is 6. The van der Waals surface area contributed by atoms with Gasteiger partial charge in [0.2, 0.25) is 11.8 Å². The monoisotopic (exact) mass is 664 g/mol. The van der Waals surface area contributed by atoms with Gasteiger partial charge in [0.1, 0.15) is 24.4 Å². The van der Waals surface area contributed by atoms with Gasteiger partial charge in [-0.25, -0.2) is 4.79 Å². The van der Waals surface area contributed by atoms with Crippen molar-refractivity contribution in [3.8, 4) is 5.75 Å². The molecule has 2 aromatic rings. The van der Waals surface area contributed by atoms with E-state index in [0.29, 0.717) is 16.9 Å². The molecule has 0 radical (unpaired) electrons. The van der Waals surface area contributed by atoms with Crippen molar-refractivity contribution in [3.63, 3.8) is 0 Å². The highest BCUT2D eigenvalue weighted by Gasteiger charge is 2.57. The van der Waals surface area contributed by atoms with Crippen molar-refractivity contribution in [2.75, 3.05) is 20.7 Å². The molecule has 11 nitrogen and oxygen atoms in total. The molecule has 46 heavy (non-hydrogen) atoms. The van der Waals surface area contributed by atoms with Crippen LogP contribution in [0.15, 0.2) is 54.6 Å². The second kappa shape index (κ2) is 17.2. The lowest BCUT2D eigenvalue weighted by atomic mass is 9.96. The van der Waals surface area contributed by atoms with Crippen LogP contribution in [0.2, 0.25) is 0 Å². The molecule has 2 aromatic carbocycles. The van der Waals surface area contributed by atoms with Crippen molar-refractivity contribution in [1.82, 2.24) is 21.3 Å². The van der Waals surface area contributed by atoms with E-state index >= 15 is 0 Å². The van der Waals surface area contributed by atoms with Gasteiger partial charge in [-0.1, -0.05) is 42.5 Å². The average molecular weight is 665 g/mol. The van der Waals surface area contributed by atoms with Gasteiger partial charge < -0.3 is 30.5 Å². The topological polar surface area (TPSA) is 155 Å². The quantitative estimate of drug-likeness (QED) is 0.171. The number of hydrogen-bond acceptors (Lipinski definition) is 7. The molecule has 0 heterocycles. The number of alkyl carbamates (subject to hydrolysis) is 1. The van der Waals surface area contributed by atoms with Crippen LogP contribution in [0.25, 0.3) is 0 Å². The molecule has 0 aliphatic rings. The summed E-state index contributed by atoms with van der Waals surface area (Å²) in [6, 6.07) is 8.84. The molecule has 0 unspecified atom stereocenters. The number of methoxy groups -OCH3 is 1. The minimum atomic E-state index is -5.84. The van der Waals surface area contributed by atoms with Gasteiger partial charge in [-0.05, 0) is 36.1 Å². The van der Waals surface area contributed by atoms with Gasteiger partial charge in [0, 0.05) is 20.0 Å². The molecule has 3 amide bonds. The Balaban J connectivity index is 2.23. The van der Waals surface area contributed by atoms with E-state index in [0.717, 1.165) is 0 Å². The Labute approximate surface area is 260 Å². The standard InChI is InChI=1S/C29H34F6N4O7/c1-36-24(40)21(14-17-8-10-19(45-2)11-9-17)39-25(41)22(15-23(28(30,31)32)29(33,34)35)38-20(26(42)43)12-13-37-27(44)46-16-18-6-4-3-5-7-18/h3-11,20-23,38H,12-16H2,1-2H3,(H,36,40)(H,37,44)(H,39,41)(H,42,43)/t20-,21+,22+/m1/s1. The zero-order valence-electron chi connectivity index (χ0n) is 24.7. The van der Waals surface area contributed by atoms with Gasteiger partial charge in [0.15, 0.2) is 5.92 Å². The number of likely N-dealkylation sites (N-methyl/N-ethyl adjacent to an activating group) is 1. The summed E-state index contributed by atoms with van der Waals surface area (Å²) >= 11 is 0. The first-order chi connectivity index (χ1) is 21.5. The van der Waals surface area contributed by atoms with Crippen molar-refractivity contribution in [1.29, 1.82) is 0 Å². The SMILES string of the molecule is CNC(=O)[C@H](Cc1ccc(OC)cc1)NC(=O)[C@H](CC(C(F)(F)F)C(F)(F)F)N[C@H](CCNC(=O)OCc1ccccc1)C(=O)O. The van der Waals surface area contributed by atoms with E-state index < -0.39 is 79.7 Å². The molecular weight excluding hydrogens is 630 g/mol. The fourth-order valence-electron chi connectivity index (χ4n) is 4.21. The van der Waals surface area contributed by atoms with Gasteiger partial charge in [0.05, 0.1) is 13.2 Å². The zero-order valence-corrected chi connectivity index (χ0v) is 24.7. The summed E-state index contributed by atoms with van der Waals surface area (Å²) in [5.41, 5.74) is 1.10. The van der Waals surface area contributed by atoms with E-state index in [2.05, 4.69) is 16.0 Å². The summed E-state index contributed by atoms with van der Waals surface area (Å²) in [7, 11) is 2.61. The fraction of sp³-hybridized carbons (Fsp3) is 0.448. The Morgan fingerprint density at radius 2 is 1.43 bits per heavy atom. The molecule has 5 N–H and O–H groups in total. The first-order valence-corrected chi connectivity index (χ1v) is 13.8. The minimum absolute atomic E-state index is 0.130. The lowest BCUT2D eigenvalue weighted by Gasteiger charge is -2.30. The van der Waals surface area contributed by atoms with Gasteiger partial charge in [-0.3, -0.25) is 19.7 Å². The maximum Gasteiger partial charge on any atom is 0.407 e. The summed E-state index contributed by atoms with van der Waals surface area (Å²) in [5, 5.41) is 18.3. The maximum atomic E-state index is 13.5. The number of rotatable bonds is 16. The molecule has 0 spiro atoms. The number of hydrogen-bond donors (Lipinski definition) is 5. The number of halogens is 6. The molecule has 0 saturated heterocycles. The normalized spacial score (nSPS) is 13.7. The number of amides is 3. The minimum Gasteiger partial charge on any atom is -0.497 e. The molecule has 17 heteroatoms. The second-order valence-electron chi connectivity index (χ2n) is 9.99. The fourth-order valence-corrected chi connectivity index (χ4v) is 4.21. The van der Waals surface area contributed by atoms with Crippen LogP contribution in [0.4, 0.5) is 31.1 Å². The lowest BCUT2D eigenvalue weighted by Crippen LogP contribution is -2.57. The van der Waals surface area contributed by atoms with E-state index in [-0.39, 0.29) is 13.0 Å². The van der Waals surface area contributed by atoms with Gasteiger partial charge >= 0.3 is 24.4 Å². The van der Waals surface area contributed by atoms with Crippen molar-refractivity contribution < 1.29 is 60.1 Å². The summed E-state index contributed by atoms with van der Waals surface area (Å²) in [6.45, 7) is -0.568.